The molecule has 1 heterocycles. The highest BCUT2D eigenvalue weighted by molar-refractivity contribution is 7.73. The van der Waals surface area contributed by atoms with Crippen LogP contribution in [0, 0.1) is 6.92 Å². The molecule has 3 rings (SSSR count). The maximum atomic E-state index is 10.8. The molecule has 1 aromatic heterocycles. The lowest BCUT2D eigenvalue weighted by atomic mass is 10.1. The number of nitrogens with zero attached hydrogens (tertiary/aromatic N) is 2. The van der Waals surface area contributed by atoms with Crippen molar-refractivity contribution in [2.75, 3.05) is 0 Å². The number of benzene rings is 1. The molecule has 0 radical (unpaired) electrons. The van der Waals surface area contributed by atoms with Crippen LogP contribution < -0.4 is 27.0 Å². The molecule has 132 valence electrons. The molecule has 8 heteroatoms. The van der Waals surface area contributed by atoms with Gasteiger partial charge in [0, 0.05) is 32.0 Å². The fourth-order valence-corrected chi connectivity index (χ4v) is 3.98. The molecule has 0 unspecified atom stereocenters. The molecule has 1 aromatic carbocycles. The summed E-state index contributed by atoms with van der Waals surface area (Å²) in [5.74, 6) is 0. The molecule has 0 aliphatic heterocycles. The molecule has 0 bridgehead atoms. The van der Waals surface area contributed by atoms with Crippen molar-refractivity contribution in [3.8, 4) is 0 Å². The maximum absolute atomic E-state index is 10.8. The molecular formula is C17H18BrN3O2S2. The Morgan fingerprint density at radius 3 is 2.84 bits per heavy atom. The number of aromatic nitrogens is 1. The number of thiazole rings is 1. The molecule has 0 spiro atoms. The molecule has 1 aliphatic carbocycles. The van der Waals surface area contributed by atoms with Crippen molar-refractivity contribution in [2.24, 2.45) is 5.10 Å². The zero-order chi connectivity index (χ0) is 16.9. The number of allylic oxidation sites excluding steroid dienone is 3. The van der Waals surface area contributed by atoms with Gasteiger partial charge in [-0.1, -0.05) is 29.5 Å². The van der Waals surface area contributed by atoms with Crippen molar-refractivity contribution in [1.29, 1.82) is 0 Å². The van der Waals surface area contributed by atoms with Gasteiger partial charge in [-0.15, -0.1) is 0 Å². The molecule has 0 saturated heterocycles. The maximum Gasteiger partial charge on any atom is 0.235 e. The van der Waals surface area contributed by atoms with Crippen LogP contribution in [0.3, 0.4) is 0 Å². The monoisotopic (exact) mass is 439 g/mol. The number of nitrogens with one attached hydrogen (secondary N) is 1. The zero-order valence-electron chi connectivity index (χ0n) is 13.6. The Hall–Kier alpha value is -1.77. The Labute approximate surface area is 162 Å². The minimum atomic E-state index is -2.14. The summed E-state index contributed by atoms with van der Waals surface area (Å²) in [5.41, 5.74) is 5.00. The van der Waals surface area contributed by atoms with Crippen LogP contribution in [0.5, 0.6) is 0 Å². The number of hydrazone groups is 1. The highest BCUT2D eigenvalue weighted by Gasteiger charge is 2.15. The van der Waals surface area contributed by atoms with Crippen molar-refractivity contribution in [3.63, 3.8) is 0 Å². The van der Waals surface area contributed by atoms with E-state index >= 15 is 0 Å². The normalized spacial score (nSPS) is 13.8. The van der Waals surface area contributed by atoms with Crippen molar-refractivity contribution >= 4 is 42.9 Å². The molecule has 5 nitrogen and oxygen atoms in total. The molecule has 0 fully saturated rings. The van der Waals surface area contributed by atoms with Crippen LogP contribution in [0.25, 0.3) is 10.2 Å². The first kappa shape index (κ1) is 19.6. The van der Waals surface area contributed by atoms with Gasteiger partial charge in [-0.05, 0) is 18.2 Å². The third-order valence-corrected chi connectivity index (χ3v) is 5.56. The molecule has 1 aliphatic rings. The van der Waals surface area contributed by atoms with E-state index in [1.165, 1.54) is 15.2 Å². The average molecular weight is 440 g/mol. The van der Waals surface area contributed by atoms with E-state index in [1.54, 1.807) is 23.5 Å². The first-order valence-electron chi connectivity index (χ1n) is 7.64. The van der Waals surface area contributed by atoms with Crippen LogP contribution in [0.2, 0.25) is 0 Å². The SMILES string of the molecule is Cc1sc2ccccc2[n+]1CCC=NNC1=CCC(=S(=O)=O)C=C1.[Br-]. The third kappa shape index (κ3) is 4.87. The Morgan fingerprint density at radius 1 is 1.32 bits per heavy atom. The number of hydrogen-bond donors (Lipinski definition) is 1. The van der Waals surface area contributed by atoms with Crippen molar-refractivity contribution < 1.29 is 30.0 Å². The van der Waals surface area contributed by atoms with Gasteiger partial charge in [0.15, 0.2) is 6.54 Å². The van der Waals surface area contributed by atoms with Crippen molar-refractivity contribution in [2.45, 2.75) is 26.3 Å². The summed E-state index contributed by atoms with van der Waals surface area (Å²) in [6, 6.07) is 8.40. The fourth-order valence-electron chi connectivity index (χ4n) is 2.54. The summed E-state index contributed by atoms with van der Waals surface area (Å²) in [7, 11) is -2.14. The predicted octanol–water partition coefficient (Wildman–Crippen LogP) is -0.638. The fraction of sp³-hybridized carbons (Fsp3) is 0.235. The van der Waals surface area contributed by atoms with E-state index in [-0.39, 0.29) is 17.0 Å². The number of fused-ring (bicyclic) bond motifs is 1. The summed E-state index contributed by atoms with van der Waals surface area (Å²) >= 11 is 1.80. The van der Waals surface area contributed by atoms with E-state index in [1.807, 2.05) is 12.3 Å². The number of aryl methyl sites for hydroxylation is 2. The number of para-hydroxylation sites is 1. The largest absolute Gasteiger partial charge is 1.00 e. The standard InChI is InChI=1S/C17H18N3O2S2.BrH/c1-13-20(16-5-2-3-6-17(16)23-13)12-4-11-18-19-14-7-9-15(10-8-14)24(21)22;/h2-3,5-9,11,19H,4,10,12H2,1H3;1H/q+1;/p-1. The van der Waals surface area contributed by atoms with Gasteiger partial charge in [0.05, 0.1) is 10.6 Å². The first-order chi connectivity index (χ1) is 11.6. The van der Waals surface area contributed by atoms with Crippen molar-refractivity contribution in [1.82, 2.24) is 5.43 Å². The van der Waals surface area contributed by atoms with E-state index < -0.39 is 10.3 Å². The van der Waals surface area contributed by atoms with E-state index in [0.29, 0.717) is 11.3 Å². The van der Waals surface area contributed by atoms with Gasteiger partial charge in [-0.25, -0.2) is 0 Å². The summed E-state index contributed by atoms with van der Waals surface area (Å²) < 4.78 is 25.2. The Kier molecular flexibility index (Phi) is 7.10. The van der Waals surface area contributed by atoms with Gasteiger partial charge in [-0.3, -0.25) is 5.43 Å². The Balaban J connectivity index is 0.00000225. The van der Waals surface area contributed by atoms with Crippen LogP contribution in [0.1, 0.15) is 17.8 Å². The molecule has 1 N–H and O–H groups in total. The smallest absolute Gasteiger partial charge is 0.235 e. The molecule has 0 amide bonds. The lowest BCUT2D eigenvalue weighted by Crippen LogP contribution is -3.00. The van der Waals surface area contributed by atoms with E-state index in [0.717, 1.165) is 18.7 Å². The zero-order valence-corrected chi connectivity index (χ0v) is 16.9. The van der Waals surface area contributed by atoms with E-state index in [4.69, 9.17) is 0 Å². The second-order valence-electron chi connectivity index (χ2n) is 5.35. The summed E-state index contributed by atoms with van der Waals surface area (Å²) in [4.78, 5) is 0.390. The van der Waals surface area contributed by atoms with Gasteiger partial charge in [-0.2, -0.15) is 18.1 Å². The van der Waals surface area contributed by atoms with Crippen molar-refractivity contribution in [3.05, 3.63) is 53.2 Å². The van der Waals surface area contributed by atoms with Gasteiger partial charge in [0.25, 0.3) is 0 Å². The second-order valence-corrected chi connectivity index (χ2v) is 7.58. The number of halogens is 1. The van der Waals surface area contributed by atoms with Crippen LogP contribution >= 0.6 is 11.3 Å². The lowest BCUT2D eigenvalue weighted by molar-refractivity contribution is -0.671. The number of rotatable bonds is 5. The van der Waals surface area contributed by atoms with Crippen LogP contribution in [0.15, 0.2) is 53.3 Å². The van der Waals surface area contributed by atoms with Crippen LogP contribution in [-0.4, -0.2) is 19.5 Å². The van der Waals surface area contributed by atoms with Gasteiger partial charge >= 0.3 is 0 Å². The average Bonchev–Trinajstić information content (AvgIpc) is 2.90. The van der Waals surface area contributed by atoms with Gasteiger partial charge in [0.2, 0.25) is 20.8 Å². The van der Waals surface area contributed by atoms with Gasteiger partial charge in [0.1, 0.15) is 4.70 Å². The van der Waals surface area contributed by atoms with E-state index in [2.05, 4.69) is 46.3 Å². The highest BCUT2D eigenvalue weighted by Crippen LogP contribution is 2.19. The van der Waals surface area contributed by atoms with Crippen LogP contribution in [0.4, 0.5) is 0 Å². The highest BCUT2D eigenvalue weighted by atomic mass is 79.9. The summed E-state index contributed by atoms with van der Waals surface area (Å²) in [6.45, 7) is 3.01. The minimum absolute atomic E-state index is 0. The lowest BCUT2D eigenvalue weighted by Gasteiger charge is -2.05. The Bertz CT molecular complexity index is 980. The quantitative estimate of drug-likeness (QED) is 0.291. The first-order valence-corrected chi connectivity index (χ1v) is 9.53. The van der Waals surface area contributed by atoms with Crippen LogP contribution in [-0.2, 0) is 16.8 Å². The third-order valence-electron chi connectivity index (χ3n) is 3.75. The summed E-state index contributed by atoms with van der Waals surface area (Å²) in [5, 5.41) is 5.49. The minimum Gasteiger partial charge on any atom is -1.00 e. The molecular weight excluding hydrogens is 422 g/mol. The molecule has 0 saturated carbocycles. The molecule has 25 heavy (non-hydrogen) atoms. The van der Waals surface area contributed by atoms with Gasteiger partial charge < -0.3 is 17.0 Å². The number of hydrogen-bond acceptors (Lipinski definition) is 5. The molecule has 2 aromatic rings. The molecule has 0 atom stereocenters. The van der Waals surface area contributed by atoms with E-state index in [9.17, 15) is 8.42 Å². The Morgan fingerprint density at radius 2 is 2.12 bits per heavy atom. The predicted molar refractivity (Wildman–Crippen MR) is 98.8 cm³/mol. The summed E-state index contributed by atoms with van der Waals surface area (Å²) in [6.07, 6.45) is 8.19. The second kappa shape index (κ2) is 9.07. The topological polar surface area (TPSA) is 62.4 Å².